The summed E-state index contributed by atoms with van der Waals surface area (Å²) in [6.45, 7) is 0.0110. The van der Waals surface area contributed by atoms with E-state index in [0.717, 1.165) is 0 Å². The molecule has 16 heavy (non-hydrogen) atoms. The van der Waals surface area contributed by atoms with Gasteiger partial charge in [-0.05, 0) is 6.92 Å². The van der Waals surface area contributed by atoms with Crippen molar-refractivity contribution < 1.29 is 22.7 Å². The number of amides is 1. The van der Waals surface area contributed by atoms with E-state index < -0.39 is 24.9 Å². The van der Waals surface area contributed by atoms with Gasteiger partial charge in [-0.2, -0.15) is 13.2 Å². The van der Waals surface area contributed by atoms with Gasteiger partial charge in [-0.25, -0.2) is 9.78 Å². The maximum Gasteiger partial charge on any atom is 0.422 e. The van der Waals surface area contributed by atoms with Crippen molar-refractivity contribution in [2.45, 2.75) is 19.1 Å². The minimum Gasteiger partial charge on any atom is -0.440 e. The Balaban J connectivity index is 2.35. The van der Waals surface area contributed by atoms with Crippen LogP contribution in [0.3, 0.4) is 0 Å². The summed E-state index contributed by atoms with van der Waals surface area (Å²) in [6.07, 6.45) is -4.08. The molecule has 0 aliphatic carbocycles. The number of thiazole rings is 1. The van der Waals surface area contributed by atoms with E-state index in [0.29, 0.717) is 5.01 Å². The molecule has 1 atom stereocenters. The summed E-state index contributed by atoms with van der Waals surface area (Å²) in [5.41, 5.74) is 0. The molecule has 1 rings (SSSR count). The van der Waals surface area contributed by atoms with E-state index in [4.69, 9.17) is 0 Å². The van der Waals surface area contributed by atoms with Crippen LogP contribution in [0.25, 0.3) is 0 Å². The SMILES string of the molecule is CC(NC(=O)OCC(F)(F)F)c1nccs1. The first-order valence-corrected chi connectivity index (χ1v) is 5.16. The lowest BCUT2D eigenvalue weighted by Gasteiger charge is -2.12. The summed E-state index contributed by atoms with van der Waals surface area (Å²) in [4.78, 5) is 14.8. The van der Waals surface area contributed by atoms with Crippen molar-refractivity contribution in [3.05, 3.63) is 16.6 Å². The molecule has 0 saturated heterocycles. The van der Waals surface area contributed by atoms with E-state index in [2.05, 4.69) is 15.0 Å². The highest BCUT2D eigenvalue weighted by Crippen LogP contribution is 2.16. The van der Waals surface area contributed by atoms with Crippen LogP contribution in [0, 0.1) is 0 Å². The minimum atomic E-state index is -4.51. The standard InChI is InChI=1S/C8H9F3N2O2S/c1-5(6-12-2-3-16-6)13-7(14)15-4-8(9,10)11/h2-3,5H,4H2,1H3,(H,13,14). The quantitative estimate of drug-likeness (QED) is 0.901. The van der Waals surface area contributed by atoms with Gasteiger partial charge in [0.25, 0.3) is 0 Å². The van der Waals surface area contributed by atoms with Gasteiger partial charge in [-0.3, -0.25) is 0 Å². The van der Waals surface area contributed by atoms with Crippen LogP contribution in [0.4, 0.5) is 18.0 Å². The summed E-state index contributed by atoms with van der Waals surface area (Å²) in [6, 6.07) is -0.472. The Morgan fingerprint density at radius 1 is 1.69 bits per heavy atom. The first-order valence-electron chi connectivity index (χ1n) is 4.28. The predicted octanol–water partition coefficient (Wildman–Crippen LogP) is 2.49. The molecule has 0 fully saturated rings. The number of alkyl carbamates (subject to hydrolysis) is 1. The van der Waals surface area contributed by atoms with Crippen LogP contribution >= 0.6 is 11.3 Å². The fourth-order valence-electron chi connectivity index (χ4n) is 0.876. The minimum absolute atomic E-state index is 0.472. The molecule has 1 amide bonds. The average Bonchev–Trinajstić information content (AvgIpc) is 2.66. The number of nitrogens with one attached hydrogen (secondary N) is 1. The molecule has 90 valence electrons. The number of alkyl halides is 3. The van der Waals surface area contributed by atoms with Crippen LogP contribution in [0.1, 0.15) is 18.0 Å². The molecule has 1 N–H and O–H groups in total. The van der Waals surface area contributed by atoms with Crippen LogP contribution in [0.5, 0.6) is 0 Å². The van der Waals surface area contributed by atoms with Gasteiger partial charge in [0.2, 0.25) is 0 Å². The fourth-order valence-corrected chi connectivity index (χ4v) is 1.52. The van der Waals surface area contributed by atoms with Crippen molar-refractivity contribution in [2.75, 3.05) is 6.61 Å². The van der Waals surface area contributed by atoms with Gasteiger partial charge >= 0.3 is 12.3 Å². The zero-order chi connectivity index (χ0) is 12.2. The molecule has 0 spiro atoms. The average molecular weight is 254 g/mol. The monoisotopic (exact) mass is 254 g/mol. The molecule has 0 radical (unpaired) electrons. The lowest BCUT2D eigenvalue weighted by Crippen LogP contribution is -2.30. The van der Waals surface area contributed by atoms with Crippen LogP contribution in [-0.2, 0) is 4.74 Å². The van der Waals surface area contributed by atoms with E-state index in [-0.39, 0.29) is 0 Å². The molecule has 8 heteroatoms. The van der Waals surface area contributed by atoms with E-state index in [9.17, 15) is 18.0 Å². The number of carbonyl (C=O) groups is 1. The zero-order valence-electron chi connectivity index (χ0n) is 8.25. The fraction of sp³-hybridized carbons (Fsp3) is 0.500. The number of nitrogens with zero attached hydrogens (tertiary/aromatic N) is 1. The number of halogens is 3. The summed E-state index contributed by atoms with van der Waals surface area (Å²) in [7, 11) is 0. The second kappa shape index (κ2) is 5.15. The van der Waals surface area contributed by atoms with Gasteiger partial charge in [0.05, 0.1) is 6.04 Å². The number of ether oxygens (including phenoxy) is 1. The van der Waals surface area contributed by atoms with Crippen molar-refractivity contribution in [2.24, 2.45) is 0 Å². The van der Waals surface area contributed by atoms with Crippen LogP contribution in [0.2, 0.25) is 0 Å². The summed E-state index contributed by atoms with van der Waals surface area (Å²) in [5, 5.41) is 4.55. The Hall–Kier alpha value is -1.31. The molecule has 0 aliphatic heterocycles. The number of carbonyl (C=O) groups excluding carboxylic acids is 1. The lowest BCUT2D eigenvalue weighted by molar-refractivity contribution is -0.160. The Kier molecular flexibility index (Phi) is 4.11. The second-order valence-corrected chi connectivity index (χ2v) is 3.85. The second-order valence-electron chi connectivity index (χ2n) is 2.93. The van der Waals surface area contributed by atoms with Crippen molar-refractivity contribution in [1.29, 1.82) is 0 Å². The maximum absolute atomic E-state index is 11.7. The third kappa shape index (κ3) is 4.47. The van der Waals surface area contributed by atoms with Crippen molar-refractivity contribution in [3.8, 4) is 0 Å². The third-order valence-corrected chi connectivity index (χ3v) is 2.48. The molecular formula is C8H9F3N2O2S. The first-order chi connectivity index (χ1) is 7.38. The van der Waals surface area contributed by atoms with Crippen LogP contribution in [-0.4, -0.2) is 23.9 Å². The number of hydrogen-bond donors (Lipinski definition) is 1. The number of aromatic nitrogens is 1. The van der Waals surface area contributed by atoms with Gasteiger partial charge < -0.3 is 10.1 Å². The lowest BCUT2D eigenvalue weighted by atomic mass is 10.4. The van der Waals surface area contributed by atoms with Gasteiger partial charge in [-0.15, -0.1) is 11.3 Å². The van der Waals surface area contributed by atoms with Crippen molar-refractivity contribution >= 4 is 17.4 Å². The summed E-state index contributed by atoms with van der Waals surface area (Å²) < 4.78 is 39.1. The van der Waals surface area contributed by atoms with Crippen LogP contribution in [0.15, 0.2) is 11.6 Å². The van der Waals surface area contributed by atoms with Gasteiger partial charge in [-0.1, -0.05) is 0 Å². The molecular weight excluding hydrogens is 245 g/mol. The summed E-state index contributed by atoms with van der Waals surface area (Å²) >= 11 is 1.29. The van der Waals surface area contributed by atoms with Gasteiger partial charge in [0.1, 0.15) is 5.01 Å². The highest BCUT2D eigenvalue weighted by Gasteiger charge is 2.29. The Morgan fingerprint density at radius 3 is 2.88 bits per heavy atom. The zero-order valence-corrected chi connectivity index (χ0v) is 9.06. The van der Waals surface area contributed by atoms with E-state index in [1.807, 2.05) is 0 Å². The van der Waals surface area contributed by atoms with E-state index in [1.54, 1.807) is 18.5 Å². The Labute approximate surface area is 93.4 Å². The molecule has 4 nitrogen and oxygen atoms in total. The van der Waals surface area contributed by atoms with Gasteiger partial charge in [0.15, 0.2) is 6.61 Å². The van der Waals surface area contributed by atoms with Gasteiger partial charge in [0, 0.05) is 11.6 Å². The molecule has 1 aromatic rings. The maximum atomic E-state index is 11.7. The predicted molar refractivity (Wildman–Crippen MR) is 51.1 cm³/mol. The molecule has 0 saturated carbocycles. The smallest absolute Gasteiger partial charge is 0.422 e. The van der Waals surface area contributed by atoms with Crippen molar-refractivity contribution in [3.63, 3.8) is 0 Å². The van der Waals surface area contributed by atoms with Crippen LogP contribution < -0.4 is 5.32 Å². The molecule has 0 aliphatic rings. The van der Waals surface area contributed by atoms with Crippen molar-refractivity contribution in [1.82, 2.24) is 10.3 Å². The Morgan fingerprint density at radius 2 is 2.38 bits per heavy atom. The van der Waals surface area contributed by atoms with E-state index in [1.165, 1.54) is 11.3 Å². The molecule has 1 unspecified atom stereocenters. The first kappa shape index (κ1) is 12.8. The Bertz CT molecular complexity index is 340. The highest BCUT2D eigenvalue weighted by atomic mass is 32.1. The number of rotatable bonds is 3. The normalized spacial score (nSPS) is 13.2. The van der Waals surface area contributed by atoms with E-state index >= 15 is 0 Å². The number of hydrogen-bond acceptors (Lipinski definition) is 4. The highest BCUT2D eigenvalue weighted by molar-refractivity contribution is 7.09. The molecule has 1 aromatic heterocycles. The summed E-state index contributed by atoms with van der Waals surface area (Å²) in [5.74, 6) is 0. The topological polar surface area (TPSA) is 51.2 Å². The largest absolute Gasteiger partial charge is 0.440 e. The molecule has 0 aromatic carbocycles. The third-order valence-electron chi connectivity index (χ3n) is 1.52. The molecule has 1 heterocycles. The molecule has 0 bridgehead atoms.